The maximum Gasteiger partial charge on any atom is 0.178 e. The normalized spacial score (nSPS) is 13.1. The van der Waals surface area contributed by atoms with E-state index in [0.717, 1.165) is 5.52 Å². The predicted octanol–water partition coefficient (Wildman–Crippen LogP) is 2.86. The highest BCUT2D eigenvalue weighted by Gasteiger charge is 2.21. The molecule has 0 aliphatic heterocycles. The molecule has 1 heterocycles. The first-order valence-electron chi connectivity index (χ1n) is 5.56. The summed E-state index contributed by atoms with van der Waals surface area (Å²) < 4.78 is 26.0. The van der Waals surface area contributed by atoms with Crippen molar-refractivity contribution in [2.45, 2.75) is 31.2 Å². The van der Waals surface area contributed by atoms with Gasteiger partial charge >= 0.3 is 0 Å². The zero-order valence-corrected chi connectivity index (χ0v) is 12.4. The molecule has 6 heteroatoms. The SMILES string of the molecule is CC(C)(C)n1c(=S)[nH]c2c(S(C)(=O)=O)cccc21. The van der Waals surface area contributed by atoms with Gasteiger partial charge in [-0.1, -0.05) is 6.07 Å². The first-order valence-corrected chi connectivity index (χ1v) is 7.86. The van der Waals surface area contributed by atoms with Crippen molar-refractivity contribution in [3.8, 4) is 0 Å². The van der Waals surface area contributed by atoms with E-state index in [-0.39, 0.29) is 10.4 Å². The van der Waals surface area contributed by atoms with Gasteiger partial charge in [0, 0.05) is 11.8 Å². The minimum absolute atomic E-state index is 0.203. The lowest BCUT2D eigenvalue weighted by Crippen LogP contribution is -2.21. The third-order valence-electron chi connectivity index (χ3n) is 2.75. The minimum Gasteiger partial charge on any atom is -0.329 e. The van der Waals surface area contributed by atoms with Crippen molar-refractivity contribution in [2.75, 3.05) is 6.26 Å². The van der Waals surface area contributed by atoms with Crippen molar-refractivity contribution in [3.05, 3.63) is 23.0 Å². The van der Waals surface area contributed by atoms with E-state index in [1.807, 2.05) is 31.4 Å². The molecular formula is C12H16N2O2S2. The van der Waals surface area contributed by atoms with Crippen LogP contribution in [0.4, 0.5) is 0 Å². The summed E-state index contributed by atoms with van der Waals surface area (Å²) in [6, 6.07) is 5.21. The van der Waals surface area contributed by atoms with Crippen LogP contribution in [0.3, 0.4) is 0 Å². The number of para-hydroxylation sites is 1. The number of benzene rings is 1. The van der Waals surface area contributed by atoms with E-state index in [1.165, 1.54) is 6.26 Å². The number of imidazole rings is 1. The van der Waals surface area contributed by atoms with Crippen LogP contribution in [0.1, 0.15) is 20.8 Å². The lowest BCUT2D eigenvalue weighted by Gasteiger charge is -2.21. The maximum atomic E-state index is 11.8. The fourth-order valence-electron chi connectivity index (χ4n) is 2.08. The number of H-pyrrole nitrogens is 1. The van der Waals surface area contributed by atoms with Crippen LogP contribution >= 0.6 is 12.2 Å². The van der Waals surface area contributed by atoms with Gasteiger partial charge in [0.1, 0.15) is 0 Å². The molecule has 1 aromatic heterocycles. The molecule has 0 radical (unpaired) electrons. The maximum absolute atomic E-state index is 11.8. The fraction of sp³-hybridized carbons (Fsp3) is 0.417. The molecule has 0 spiro atoms. The van der Waals surface area contributed by atoms with E-state index >= 15 is 0 Å². The van der Waals surface area contributed by atoms with E-state index in [1.54, 1.807) is 12.1 Å². The zero-order chi connectivity index (χ0) is 13.7. The molecule has 4 nitrogen and oxygen atoms in total. The summed E-state index contributed by atoms with van der Waals surface area (Å²) >= 11 is 5.30. The fourth-order valence-corrected chi connectivity index (χ4v) is 3.41. The zero-order valence-electron chi connectivity index (χ0n) is 10.8. The van der Waals surface area contributed by atoms with Crippen LogP contribution < -0.4 is 0 Å². The number of aromatic nitrogens is 2. The Bertz CT molecular complexity index is 761. The molecule has 1 aromatic carbocycles. The van der Waals surface area contributed by atoms with E-state index < -0.39 is 9.84 Å². The minimum atomic E-state index is -3.27. The van der Waals surface area contributed by atoms with E-state index in [4.69, 9.17) is 12.2 Å². The first kappa shape index (κ1) is 13.3. The van der Waals surface area contributed by atoms with Gasteiger partial charge in [-0.25, -0.2) is 8.42 Å². The Kier molecular flexibility index (Phi) is 2.90. The lowest BCUT2D eigenvalue weighted by molar-refractivity contribution is 0.404. The average molecular weight is 284 g/mol. The second-order valence-corrected chi connectivity index (χ2v) is 7.73. The first-order chi connectivity index (χ1) is 8.12. The number of nitrogens with zero attached hydrogens (tertiary/aromatic N) is 1. The molecule has 18 heavy (non-hydrogen) atoms. The van der Waals surface area contributed by atoms with Crippen LogP contribution in [0, 0.1) is 4.77 Å². The van der Waals surface area contributed by atoms with E-state index in [0.29, 0.717) is 10.3 Å². The van der Waals surface area contributed by atoms with Gasteiger partial charge in [-0.15, -0.1) is 0 Å². The van der Waals surface area contributed by atoms with Gasteiger partial charge in [0.15, 0.2) is 14.6 Å². The highest BCUT2D eigenvalue weighted by molar-refractivity contribution is 7.91. The number of hydrogen-bond acceptors (Lipinski definition) is 3. The number of nitrogens with one attached hydrogen (secondary N) is 1. The standard InChI is InChI=1S/C12H16N2O2S2/c1-12(2,3)14-8-6-5-7-9(18(4,15)16)10(8)13-11(14)17/h5-7H,1-4H3,(H,13,17). The van der Waals surface area contributed by atoms with Gasteiger partial charge in [-0.3, -0.25) is 0 Å². The second-order valence-electron chi connectivity index (χ2n) is 5.36. The summed E-state index contributed by atoms with van der Waals surface area (Å²) in [4.78, 5) is 3.29. The number of sulfone groups is 1. The largest absolute Gasteiger partial charge is 0.329 e. The molecule has 0 aliphatic carbocycles. The molecule has 2 aromatic rings. The number of hydrogen-bond donors (Lipinski definition) is 1. The summed E-state index contributed by atoms with van der Waals surface area (Å²) in [6.45, 7) is 6.09. The topological polar surface area (TPSA) is 54.9 Å². The van der Waals surface area contributed by atoms with Gasteiger partial charge in [-0.2, -0.15) is 0 Å². The second kappa shape index (κ2) is 3.93. The number of fused-ring (bicyclic) bond motifs is 1. The smallest absolute Gasteiger partial charge is 0.178 e. The van der Waals surface area contributed by atoms with Crippen molar-refractivity contribution < 1.29 is 8.42 Å². The summed E-state index contributed by atoms with van der Waals surface area (Å²) in [5.74, 6) is 0. The third kappa shape index (κ3) is 2.10. The van der Waals surface area contributed by atoms with Gasteiger partial charge < -0.3 is 9.55 Å². The van der Waals surface area contributed by atoms with Crippen molar-refractivity contribution >= 4 is 33.1 Å². The average Bonchev–Trinajstić information content (AvgIpc) is 2.50. The summed E-state index contributed by atoms with van der Waals surface area (Å²) in [5.41, 5.74) is 1.20. The van der Waals surface area contributed by atoms with Crippen LogP contribution in [0.5, 0.6) is 0 Å². The molecule has 1 N–H and O–H groups in total. The molecule has 98 valence electrons. The highest BCUT2D eigenvalue weighted by Crippen LogP contribution is 2.27. The van der Waals surface area contributed by atoms with Crippen LogP contribution in [-0.4, -0.2) is 24.2 Å². The molecule has 0 amide bonds. The Morgan fingerprint density at radius 2 is 1.89 bits per heavy atom. The Morgan fingerprint density at radius 3 is 2.39 bits per heavy atom. The van der Waals surface area contributed by atoms with Gasteiger partial charge in [0.05, 0.1) is 15.9 Å². The van der Waals surface area contributed by atoms with E-state index in [2.05, 4.69) is 4.98 Å². The van der Waals surface area contributed by atoms with Crippen LogP contribution in [-0.2, 0) is 15.4 Å². The Hall–Kier alpha value is -1.14. The summed E-state index contributed by atoms with van der Waals surface area (Å²) in [5, 5.41) is 0. The van der Waals surface area contributed by atoms with Crippen LogP contribution in [0.2, 0.25) is 0 Å². The molecule has 0 saturated heterocycles. The monoisotopic (exact) mass is 284 g/mol. The van der Waals surface area contributed by atoms with Crippen molar-refractivity contribution in [3.63, 3.8) is 0 Å². The molecule has 0 aliphatic rings. The molecule has 0 unspecified atom stereocenters. The molecular weight excluding hydrogens is 268 g/mol. The van der Waals surface area contributed by atoms with Gasteiger partial charge in [0.25, 0.3) is 0 Å². The van der Waals surface area contributed by atoms with Gasteiger partial charge in [0.2, 0.25) is 0 Å². The van der Waals surface area contributed by atoms with E-state index in [9.17, 15) is 8.42 Å². The quantitative estimate of drug-likeness (QED) is 0.819. The van der Waals surface area contributed by atoms with Gasteiger partial charge in [-0.05, 0) is 45.1 Å². The highest BCUT2D eigenvalue weighted by atomic mass is 32.2. The molecule has 0 atom stereocenters. The van der Waals surface area contributed by atoms with Crippen LogP contribution in [0.25, 0.3) is 11.0 Å². The van der Waals surface area contributed by atoms with Crippen molar-refractivity contribution in [1.29, 1.82) is 0 Å². The molecule has 0 fully saturated rings. The summed E-state index contributed by atoms with van der Waals surface area (Å²) in [6.07, 6.45) is 1.20. The third-order valence-corrected chi connectivity index (χ3v) is 4.17. The lowest BCUT2D eigenvalue weighted by atomic mass is 10.1. The Balaban J connectivity index is 2.98. The molecule has 2 rings (SSSR count). The number of rotatable bonds is 1. The molecule has 0 saturated carbocycles. The van der Waals surface area contributed by atoms with Crippen molar-refractivity contribution in [1.82, 2.24) is 9.55 Å². The Labute approximate surface area is 112 Å². The van der Waals surface area contributed by atoms with Crippen molar-refractivity contribution in [2.24, 2.45) is 0 Å². The Morgan fingerprint density at radius 1 is 1.28 bits per heavy atom. The van der Waals surface area contributed by atoms with Crippen LogP contribution in [0.15, 0.2) is 23.1 Å². The predicted molar refractivity (Wildman–Crippen MR) is 75.2 cm³/mol. The summed E-state index contributed by atoms with van der Waals surface area (Å²) in [7, 11) is -3.27. The number of aromatic amines is 1. The molecule has 0 bridgehead atoms.